The second-order valence-electron chi connectivity index (χ2n) is 17.8. The van der Waals surface area contributed by atoms with E-state index in [1.165, 1.54) is 0 Å². The van der Waals surface area contributed by atoms with E-state index in [9.17, 15) is 4.79 Å². The third-order valence-electron chi connectivity index (χ3n) is 15.3. The number of hydrazine groups is 1. The van der Waals surface area contributed by atoms with Gasteiger partial charge in [-0.05, 0) is 91.3 Å². The van der Waals surface area contributed by atoms with Crippen LogP contribution in [0.1, 0.15) is 108 Å². The lowest BCUT2D eigenvalue weighted by atomic mass is 9.34. The standard InChI is InChI=1S/C36H64N4O3/c1-21(2)23(5)31(6)15-16-33(8)24-11-12-27-32(7)18-42-20-36(27,25(24)13-14-34(33,9)28(31)30(37)41)17-26(40-39)29(32)43-19-35(10,38)22(3)4/h13,21-24,26-29,40H,11-12,14-20,38-39H2,1-10H3,(H2,37,41)/t23-,24+,26-,27+,28-,29+,31-,32-,33-,34+,35-,36+/m1/s1. The lowest BCUT2D eigenvalue weighted by Crippen LogP contribution is -2.72. The summed E-state index contributed by atoms with van der Waals surface area (Å²) in [5.41, 5.74) is 16.9. The van der Waals surface area contributed by atoms with Gasteiger partial charge in [0, 0.05) is 28.3 Å². The molecule has 1 saturated heterocycles. The lowest BCUT2D eigenvalue weighted by Gasteiger charge is -2.71. The van der Waals surface area contributed by atoms with Gasteiger partial charge in [0.1, 0.15) is 0 Å². The number of amides is 1. The number of carbonyl (C=O) groups is 1. The molecule has 7 N–H and O–H groups in total. The summed E-state index contributed by atoms with van der Waals surface area (Å²) in [6.07, 6.45) is 8.69. The summed E-state index contributed by atoms with van der Waals surface area (Å²) < 4.78 is 13.4. The van der Waals surface area contributed by atoms with Crippen LogP contribution >= 0.6 is 0 Å². The van der Waals surface area contributed by atoms with Crippen LogP contribution in [0.25, 0.3) is 0 Å². The maximum absolute atomic E-state index is 13.5. The fraction of sp³-hybridized carbons (Fsp3) is 0.917. The van der Waals surface area contributed by atoms with Gasteiger partial charge < -0.3 is 20.9 Å². The molecule has 1 amide bonds. The van der Waals surface area contributed by atoms with Crippen LogP contribution in [0.2, 0.25) is 0 Å². The first-order chi connectivity index (χ1) is 19.9. The number of fused-ring (bicyclic) bond motifs is 3. The van der Waals surface area contributed by atoms with Crippen LogP contribution in [0.5, 0.6) is 0 Å². The highest BCUT2D eigenvalue weighted by atomic mass is 16.5. The van der Waals surface area contributed by atoms with Crippen molar-refractivity contribution in [2.45, 2.75) is 125 Å². The Balaban J connectivity index is 1.55. The molecule has 0 aromatic rings. The molecule has 0 unspecified atom stereocenters. The molecular weight excluding hydrogens is 536 g/mol. The molecule has 5 rings (SSSR count). The third kappa shape index (κ3) is 4.56. The average Bonchev–Trinajstić information content (AvgIpc) is 2.91. The Labute approximate surface area is 262 Å². The molecule has 3 saturated carbocycles. The molecule has 0 spiro atoms. The number of ether oxygens (including phenoxy) is 2. The summed E-state index contributed by atoms with van der Waals surface area (Å²) >= 11 is 0. The third-order valence-corrected chi connectivity index (χ3v) is 15.3. The SMILES string of the molecule is CC(C)[C@@H](C)[C@@]1(C)CC[C@]2(C)[C@H]3CC[C@@H]4[C@@]5(COC[C@@]4(C)[C@@H](OC[C@@](C)(N)C(C)C)[C@H](NN)C5)C3=CC[C@@]2(C)[C@@H]1C(N)=O. The summed E-state index contributed by atoms with van der Waals surface area (Å²) in [4.78, 5) is 13.5. The van der Waals surface area contributed by atoms with Crippen molar-refractivity contribution < 1.29 is 14.3 Å². The second-order valence-corrected chi connectivity index (χ2v) is 17.8. The molecule has 246 valence electrons. The molecule has 4 aliphatic carbocycles. The number of nitrogens with two attached hydrogens (primary N) is 3. The highest BCUT2D eigenvalue weighted by Gasteiger charge is 2.71. The number of allylic oxidation sites excluding steroid dienone is 1. The van der Waals surface area contributed by atoms with Gasteiger partial charge in [-0.3, -0.25) is 16.1 Å². The Morgan fingerprint density at radius 1 is 1.09 bits per heavy atom. The predicted molar refractivity (Wildman–Crippen MR) is 173 cm³/mol. The normalized spacial score (nSPS) is 48.0. The van der Waals surface area contributed by atoms with E-state index in [2.05, 4.69) is 80.7 Å². The molecule has 12 atom stereocenters. The van der Waals surface area contributed by atoms with Gasteiger partial charge in [-0.2, -0.15) is 0 Å². The highest BCUT2D eigenvalue weighted by molar-refractivity contribution is 5.79. The zero-order valence-electron chi connectivity index (χ0n) is 29.0. The van der Waals surface area contributed by atoms with Crippen molar-refractivity contribution in [3.8, 4) is 0 Å². The smallest absolute Gasteiger partial charge is 0.221 e. The van der Waals surface area contributed by atoms with Crippen LogP contribution in [-0.4, -0.2) is 43.4 Å². The molecule has 4 fully saturated rings. The van der Waals surface area contributed by atoms with Crippen molar-refractivity contribution in [3.05, 3.63) is 11.6 Å². The van der Waals surface area contributed by atoms with Crippen molar-refractivity contribution >= 4 is 5.91 Å². The molecule has 2 bridgehead atoms. The van der Waals surface area contributed by atoms with E-state index >= 15 is 0 Å². The zero-order chi connectivity index (χ0) is 32.0. The van der Waals surface area contributed by atoms with E-state index < -0.39 is 5.54 Å². The second kappa shape index (κ2) is 10.8. The number of hydrogen-bond acceptors (Lipinski definition) is 6. The van der Waals surface area contributed by atoms with Gasteiger partial charge in [0.2, 0.25) is 5.91 Å². The summed E-state index contributed by atoms with van der Waals surface area (Å²) in [6.45, 7) is 24.9. The van der Waals surface area contributed by atoms with Gasteiger partial charge in [-0.25, -0.2) is 0 Å². The predicted octanol–water partition coefficient (Wildman–Crippen LogP) is 5.57. The van der Waals surface area contributed by atoms with Crippen LogP contribution in [0.4, 0.5) is 0 Å². The van der Waals surface area contributed by atoms with Gasteiger partial charge in [-0.15, -0.1) is 0 Å². The molecule has 1 aliphatic heterocycles. The van der Waals surface area contributed by atoms with Gasteiger partial charge in [-0.1, -0.05) is 74.0 Å². The summed E-state index contributed by atoms with van der Waals surface area (Å²) in [5, 5.41) is 0. The number of primary amides is 1. The van der Waals surface area contributed by atoms with E-state index in [4.69, 9.17) is 26.8 Å². The minimum Gasteiger partial charge on any atom is -0.380 e. The number of rotatable bonds is 8. The van der Waals surface area contributed by atoms with Crippen molar-refractivity contribution in [2.75, 3.05) is 19.8 Å². The molecule has 0 radical (unpaired) electrons. The fourth-order valence-corrected chi connectivity index (χ4v) is 11.6. The lowest BCUT2D eigenvalue weighted by molar-refractivity contribution is -0.245. The largest absolute Gasteiger partial charge is 0.380 e. The average molecular weight is 601 g/mol. The van der Waals surface area contributed by atoms with Crippen LogP contribution in [0.15, 0.2) is 11.6 Å². The van der Waals surface area contributed by atoms with E-state index in [0.717, 1.165) is 45.1 Å². The molecule has 0 aromatic heterocycles. The first-order valence-electron chi connectivity index (χ1n) is 17.3. The highest BCUT2D eigenvalue weighted by Crippen LogP contribution is 2.74. The van der Waals surface area contributed by atoms with E-state index in [1.807, 2.05) is 0 Å². The topological polar surface area (TPSA) is 126 Å². The quantitative estimate of drug-likeness (QED) is 0.164. The van der Waals surface area contributed by atoms with Crippen molar-refractivity contribution in [3.63, 3.8) is 0 Å². The van der Waals surface area contributed by atoms with Crippen molar-refractivity contribution in [1.29, 1.82) is 0 Å². The van der Waals surface area contributed by atoms with Crippen LogP contribution in [0.3, 0.4) is 0 Å². The first-order valence-corrected chi connectivity index (χ1v) is 17.3. The van der Waals surface area contributed by atoms with Gasteiger partial charge in [0.15, 0.2) is 0 Å². The molecule has 1 heterocycles. The first kappa shape index (κ1) is 33.4. The number of nitrogens with one attached hydrogen (secondary N) is 1. The minimum atomic E-state index is -0.415. The molecule has 0 aromatic carbocycles. The Morgan fingerprint density at radius 3 is 2.35 bits per heavy atom. The maximum Gasteiger partial charge on any atom is 0.221 e. The molecular formula is C36H64N4O3. The van der Waals surface area contributed by atoms with E-state index in [1.54, 1.807) is 5.57 Å². The fourth-order valence-electron chi connectivity index (χ4n) is 11.6. The van der Waals surface area contributed by atoms with Crippen molar-refractivity contribution in [2.24, 2.45) is 79.9 Å². The van der Waals surface area contributed by atoms with Crippen LogP contribution in [0, 0.1) is 62.6 Å². The monoisotopic (exact) mass is 600 g/mol. The summed E-state index contributed by atoms with van der Waals surface area (Å²) in [7, 11) is 0. The Morgan fingerprint density at radius 2 is 1.77 bits per heavy atom. The van der Waals surface area contributed by atoms with Gasteiger partial charge in [0.25, 0.3) is 0 Å². The van der Waals surface area contributed by atoms with Gasteiger partial charge >= 0.3 is 0 Å². The Bertz CT molecular complexity index is 1120. The Kier molecular flexibility index (Phi) is 8.37. The van der Waals surface area contributed by atoms with Crippen LogP contribution in [-0.2, 0) is 14.3 Å². The zero-order valence-corrected chi connectivity index (χ0v) is 29.0. The molecule has 43 heavy (non-hydrogen) atoms. The number of hydrogen-bond donors (Lipinski definition) is 4. The van der Waals surface area contributed by atoms with E-state index in [-0.39, 0.29) is 51.0 Å². The molecule has 7 nitrogen and oxygen atoms in total. The maximum atomic E-state index is 13.5. The van der Waals surface area contributed by atoms with Crippen LogP contribution < -0.4 is 22.7 Å². The summed E-state index contributed by atoms with van der Waals surface area (Å²) in [5.74, 6) is 8.15. The molecule has 5 aliphatic rings. The van der Waals surface area contributed by atoms with E-state index in [0.29, 0.717) is 42.8 Å². The minimum absolute atomic E-state index is 0.00813. The van der Waals surface area contributed by atoms with Gasteiger partial charge in [0.05, 0.1) is 25.9 Å². The van der Waals surface area contributed by atoms with Crippen molar-refractivity contribution in [1.82, 2.24) is 5.43 Å². The summed E-state index contributed by atoms with van der Waals surface area (Å²) in [6, 6.07) is 0.00813. The number of carbonyl (C=O) groups excluding carboxylic acids is 1. The Hall–Kier alpha value is -0.990. The molecule has 7 heteroatoms.